The van der Waals surface area contributed by atoms with E-state index in [0.29, 0.717) is 0 Å². The molecule has 2 nitrogen and oxygen atoms in total. The average Bonchev–Trinajstić information content (AvgIpc) is 0.811. The van der Waals surface area contributed by atoms with E-state index in [1.165, 1.54) is 0 Å². The van der Waals surface area contributed by atoms with E-state index in [1.54, 1.807) is 0 Å². The van der Waals surface area contributed by atoms with Crippen LogP contribution in [-0.2, 0) is 32.1 Å². The molecule has 1 atom stereocenters. The van der Waals surface area contributed by atoms with Gasteiger partial charge in [0.2, 0.25) is 0 Å². The topological polar surface area (TPSA) is 37.3 Å². The summed E-state index contributed by atoms with van der Waals surface area (Å²) < 4.78 is 16.4. The molecule has 0 heterocycles. The minimum atomic E-state index is -1.86. The van der Waals surface area contributed by atoms with Crippen LogP contribution in [0, 0.1) is 13.7 Å². The molecule has 1 N–H and O–H groups in total. The molecule has 0 saturated heterocycles. The molecule has 0 aliphatic rings. The van der Waals surface area contributed by atoms with Crippen molar-refractivity contribution in [2.75, 3.05) is 0 Å². The second-order valence-corrected chi connectivity index (χ2v) is 0.964. The Labute approximate surface area is 54.9 Å². The average molecular weight is 278 g/mol. The summed E-state index contributed by atoms with van der Waals surface area (Å²) in [7, 11) is 0. The molecule has 0 bridgehead atoms. The molecule has 0 saturated carbocycles. The molecule has 0 radical (unpaired) electrons. The van der Waals surface area contributed by atoms with Gasteiger partial charge in [0.1, 0.15) is 0 Å². The van der Waals surface area contributed by atoms with Gasteiger partial charge in [-0.25, -0.2) is 6.26 Å². The SMILES string of the molecule is [CH2-]S(=O)O.[CH3-].[W+2]. The zero-order valence-electron chi connectivity index (χ0n) is 3.38. The fraction of sp³-hybridized carbons (Fsp3) is 0. The molecule has 0 aliphatic carbocycles. The third-order valence-electron chi connectivity index (χ3n) is 0. The first-order chi connectivity index (χ1) is 1.73. The molecule has 0 amide bonds. The van der Waals surface area contributed by atoms with Gasteiger partial charge in [-0.3, -0.25) is 4.21 Å². The van der Waals surface area contributed by atoms with Gasteiger partial charge in [-0.1, -0.05) is 0 Å². The summed E-state index contributed by atoms with van der Waals surface area (Å²) in [6.45, 7) is 0. The molecule has 38 valence electrons. The van der Waals surface area contributed by atoms with Gasteiger partial charge in [-0.05, 0) is 11.1 Å². The standard InChI is InChI=1S/CH3O2S.CH3.W/c1-4(2)3;;/h1H2,(H,2,3);1H3;/q2*-1;+2. The zero-order chi connectivity index (χ0) is 3.58. The van der Waals surface area contributed by atoms with E-state index in [0.717, 1.165) is 0 Å². The maximum Gasteiger partial charge on any atom is 2.00 e. The maximum absolute atomic E-state index is 9.00. The summed E-state index contributed by atoms with van der Waals surface area (Å²) in [5.74, 6) is 0. The van der Waals surface area contributed by atoms with Crippen LogP contribution in [0.4, 0.5) is 0 Å². The van der Waals surface area contributed by atoms with E-state index in [4.69, 9.17) is 8.76 Å². The van der Waals surface area contributed by atoms with Crippen LogP contribution in [-0.4, -0.2) is 8.76 Å². The van der Waals surface area contributed by atoms with E-state index in [2.05, 4.69) is 6.26 Å². The summed E-state index contributed by atoms with van der Waals surface area (Å²) in [5, 5.41) is 0. The quantitative estimate of drug-likeness (QED) is 0.516. The van der Waals surface area contributed by atoms with Crippen LogP contribution in [0.2, 0.25) is 0 Å². The Balaban J connectivity index is -0.0000000450. The number of rotatable bonds is 0. The van der Waals surface area contributed by atoms with E-state index in [9.17, 15) is 0 Å². The summed E-state index contributed by atoms with van der Waals surface area (Å²) in [6.07, 6.45) is 2.67. The number of hydrogen-bond donors (Lipinski definition) is 1. The monoisotopic (exact) mass is 278 g/mol. The van der Waals surface area contributed by atoms with Crippen LogP contribution in [0.1, 0.15) is 0 Å². The third kappa shape index (κ3) is 109. The van der Waals surface area contributed by atoms with Crippen LogP contribution >= 0.6 is 0 Å². The Morgan fingerprint density at radius 1 is 1.67 bits per heavy atom. The number of hydrogen-bond acceptors (Lipinski definition) is 1. The Bertz CT molecular complexity index is 34.5. The van der Waals surface area contributed by atoms with Gasteiger partial charge in [-0.15, -0.1) is 0 Å². The van der Waals surface area contributed by atoms with Crippen molar-refractivity contribution in [2.24, 2.45) is 0 Å². The minimum Gasteiger partial charge on any atom is -0.358 e. The summed E-state index contributed by atoms with van der Waals surface area (Å²) in [4.78, 5) is 0. The molecule has 0 spiro atoms. The molecule has 0 aromatic carbocycles. The Morgan fingerprint density at radius 3 is 1.67 bits per heavy atom. The van der Waals surface area contributed by atoms with Crippen LogP contribution in [0.15, 0.2) is 0 Å². The van der Waals surface area contributed by atoms with Gasteiger partial charge in [0.25, 0.3) is 0 Å². The zero-order valence-corrected chi connectivity index (χ0v) is 7.13. The Kier molecular flexibility index (Phi) is 24.4. The smallest absolute Gasteiger partial charge is 0.358 e. The van der Waals surface area contributed by atoms with Crippen molar-refractivity contribution in [3.63, 3.8) is 0 Å². The predicted molar refractivity (Wildman–Crippen MR) is 22.5 cm³/mol. The van der Waals surface area contributed by atoms with Crippen molar-refractivity contribution in [2.45, 2.75) is 0 Å². The van der Waals surface area contributed by atoms with Gasteiger partial charge >= 0.3 is 21.1 Å². The molecule has 0 rings (SSSR count). The first kappa shape index (κ1) is 15.8. The van der Waals surface area contributed by atoms with E-state index in [-0.39, 0.29) is 28.5 Å². The fourth-order valence-electron chi connectivity index (χ4n) is 0. The Morgan fingerprint density at radius 2 is 1.67 bits per heavy atom. The molecule has 0 aromatic rings. The van der Waals surface area contributed by atoms with Crippen LogP contribution in [0.5, 0.6) is 0 Å². The van der Waals surface area contributed by atoms with E-state index < -0.39 is 11.1 Å². The van der Waals surface area contributed by atoms with Crippen molar-refractivity contribution < 1.29 is 29.8 Å². The first-order valence-corrected chi connectivity index (χ1v) is 1.91. The van der Waals surface area contributed by atoms with Crippen molar-refractivity contribution >= 4 is 11.1 Å². The summed E-state index contributed by atoms with van der Waals surface area (Å²) in [5.41, 5.74) is 0. The molecule has 6 heavy (non-hydrogen) atoms. The molecule has 0 aliphatic heterocycles. The molecule has 1 unspecified atom stereocenters. The fourth-order valence-corrected chi connectivity index (χ4v) is 0. The minimum absolute atomic E-state index is 0. The van der Waals surface area contributed by atoms with Crippen molar-refractivity contribution in [3.8, 4) is 0 Å². The van der Waals surface area contributed by atoms with E-state index >= 15 is 0 Å². The van der Waals surface area contributed by atoms with Gasteiger partial charge in [0.15, 0.2) is 0 Å². The second-order valence-electron chi connectivity index (χ2n) is 0.321. The van der Waals surface area contributed by atoms with Crippen molar-refractivity contribution in [1.29, 1.82) is 0 Å². The molecule has 4 heteroatoms. The largest absolute Gasteiger partial charge is 2.00 e. The normalized spacial score (nSPS) is 10.3. The molecule has 0 fully saturated rings. The van der Waals surface area contributed by atoms with Gasteiger partial charge in [0, 0.05) is 0 Å². The predicted octanol–water partition coefficient (Wildman–Crippen LogP) is 0.447. The maximum atomic E-state index is 9.00. The summed E-state index contributed by atoms with van der Waals surface area (Å²) >= 11 is -1.86. The summed E-state index contributed by atoms with van der Waals surface area (Å²) in [6, 6.07) is 0. The second kappa shape index (κ2) is 9.25. The van der Waals surface area contributed by atoms with E-state index in [1.807, 2.05) is 0 Å². The first-order valence-electron chi connectivity index (χ1n) is 0.638. The van der Waals surface area contributed by atoms with Crippen molar-refractivity contribution in [3.05, 3.63) is 13.7 Å². The van der Waals surface area contributed by atoms with Crippen LogP contribution in [0.25, 0.3) is 0 Å². The van der Waals surface area contributed by atoms with Crippen molar-refractivity contribution in [1.82, 2.24) is 0 Å². The third-order valence-corrected chi connectivity index (χ3v) is 0. The molecular formula is C2H6O2SW. The van der Waals surface area contributed by atoms with Gasteiger partial charge < -0.3 is 12.0 Å². The van der Waals surface area contributed by atoms with Gasteiger partial charge in [-0.2, -0.15) is 0 Å². The van der Waals surface area contributed by atoms with Crippen LogP contribution in [0.3, 0.4) is 0 Å². The van der Waals surface area contributed by atoms with Crippen LogP contribution < -0.4 is 0 Å². The van der Waals surface area contributed by atoms with Gasteiger partial charge in [0.05, 0.1) is 0 Å². The molecular weight excluding hydrogens is 272 g/mol. The Hall–Kier alpha value is 0.798. The molecule has 0 aromatic heterocycles.